The molecule has 0 fully saturated rings. The number of rotatable bonds is 6. The molecule has 0 aromatic carbocycles. The molecule has 0 aliphatic rings. The Labute approximate surface area is 66.9 Å². The molecule has 0 saturated heterocycles. The van der Waals surface area contributed by atoms with Gasteiger partial charge in [0.1, 0.15) is 0 Å². The number of hydrogen-bond acceptors (Lipinski definition) is 5. The lowest BCUT2D eigenvalue weighted by Crippen LogP contribution is -2.41. The minimum atomic E-state index is -1.36. The molecule has 0 radical (unpaired) electrons. The molecule has 66 valence electrons. The van der Waals surface area contributed by atoms with Crippen molar-refractivity contribution in [3.63, 3.8) is 0 Å². The molecule has 4 N–H and O–H groups in total. The van der Waals surface area contributed by atoms with E-state index in [-0.39, 0.29) is 6.44 Å². The van der Waals surface area contributed by atoms with Crippen LogP contribution in [0.3, 0.4) is 0 Å². The zero-order valence-electron chi connectivity index (χ0n) is 6.73. The Bertz CT molecular complexity index is 93.8. The molecule has 0 bridgehead atoms. The summed E-state index contributed by atoms with van der Waals surface area (Å²) in [5.41, 5.74) is 0. The van der Waals surface area contributed by atoms with Crippen LogP contribution in [0.15, 0.2) is 0 Å². The molecule has 0 heterocycles. The van der Waals surface area contributed by atoms with Gasteiger partial charge in [0.15, 0.2) is 0 Å². The number of hydrogen-bond donors (Lipinski definition) is 3. The van der Waals surface area contributed by atoms with E-state index in [2.05, 4.69) is 0 Å². The van der Waals surface area contributed by atoms with Crippen molar-refractivity contribution < 1.29 is 14.8 Å². The molecule has 0 aliphatic carbocycles. The highest BCUT2D eigenvalue weighted by Gasteiger charge is 2.10. The van der Waals surface area contributed by atoms with E-state index in [1.165, 1.54) is 5.01 Å². The Morgan fingerprint density at radius 1 is 1.55 bits per heavy atom. The smallest absolute Gasteiger partial charge is 0.426 e. The van der Waals surface area contributed by atoms with Gasteiger partial charge in [-0.05, 0) is 6.42 Å². The minimum absolute atomic E-state index is 0.0731. The van der Waals surface area contributed by atoms with Gasteiger partial charge in [0.25, 0.3) is 0 Å². The molecular weight excluding hydrogens is 147 g/mol. The maximum absolute atomic E-state index is 8.48. The number of nitrogens with zero attached hydrogens (tertiary/aromatic N) is 1. The Morgan fingerprint density at radius 3 is 2.64 bits per heavy atom. The molecule has 5 nitrogen and oxygen atoms in total. The van der Waals surface area contributed by atoms with Gasteiger partial charge in [-0.2, -0.15) is 0 Å². The first kappa shape index (κ1) is 10.9. The van der Waals surface area contributed by atoms with Gasteiger partial charge in [-0.25, -0.2) is 5.01 Å². The van der Waals surface area contributed by atoms with Crippen LogP contribution in [0.4, 0.5) is 0 Å². The van der Waals surface area contributed by atoms with E-state index in [0.29, 0.717) is 13.2 Å². The first-order valence-corrected chi connectivity index (χ1v) is 3.51. The van der Waals surface area contributed by atoms with Crippen LogP contribution in [0, 0.1) is 0 Å². The zero-order valence-corrected chi connectivity index (χ0v) is 6.73. The minimum Gasteiger partial charge on any atom is -0.426 e. The summed E-state index contributed by atoms with van der Waals surface area (Å²) in [6, 6.07) is 0. The second kappa shape index (κ2) is 6.57. The van der Waals surface area contributed by atoms with Crippen LogP contribution in [-0.2, 0) is 4.74 Å². The SMILES string of the molecule is COCCCN(N)CB(O)O. The third kappa shape index (κ3) is 7.76. The summed E-state index contributed by atoms with van der Waals surface area (Å²) in [6.07, 6.45) is 0.865. The molecule has 6 heteroatoms. The number of ether oxygens (including phenoxy) is 1. The molecule has 0 atom stereocenters. The van der Waals surface area contributed by atoms with Gasteiger partial charge in [0.05, 0.1) is 0 Å². The molecule has 0 aromatic rings. The van der Waals surface area contributed by atoms with Gasteiger partial charge in [-0.3, -0.25) is 5.84 Å². The Balaban J connectivity index is 3.15. The Morgan fingerprint density at radius 2 is 2.18 bits per heavy atom. The summed E-state index contributed by atoms with van der Waals surface area (Å²) in [5, 5.41) is 18.3. The van der Waals surface area contributed by atoms with E-state index in [9.17, 15) is 0 Å². The summed E-state index contributed by atoms with van der Waals surface area (Å²) in [5.74, 6) is 5.37. The van der Waals surface area contributed by atoms with Crippen LogP contribution in [0.5, 0.6) is 0 Å². The molecule has 0 spiro atoms. The standard InChI is InChI=1S/C5H15BN2O3/c1-11-4-2-3-8(7)5-6(9)10/h9-10H,2-5,7H2,1H3. The molecular formula is C5H15BN2O3. The quantitative estimate of drug-likeness (QED) is 0.186. The van der Waals surface area contributed by atoms with Gasteiger partial charge < -0.3 is 14.8 Å². The van der Waals surface area contributed by atoms with E-state index in [4.69, 9.17) is 20.6 Å². The fourth-order valence-corrected chi connectivity index (χ4v) is 0.713. The normalized spacial score (nSPS) is 10.6. The number of methoxy groups -OCH3 is 1. The Hall–Kier alpha value is -0.135. The largest absolute Gasteiger partial charge is 0.468 e. The topological polar surface area (TPSA) is 79.0 Å². The summed E-state index contributed by atoms with van der Waals surface area (Å²) in [6.45, 7) is 1.24. The number of nitrogens with two attached hydrogens (primary N) is 1. The summed E-state index contributed by atoms with van der Waals surface area (Å²) in [7, 11) is 0.254. The summed E-state index contributed by atoms with van der Waals surface area (Å²) < 4.78 is 4.79. The lowest BCUT2D eigenvalue weighted by molar-refractivity contribution is 0.175. The molecule has 11 heavy (non-hydrogen) atoms. The lowest BCUT2D eigenvalue weighted by atomic mass is 9.92. The van der Waals surface area contributed by atoms with Gasteiger partial charge in [-0.15, -0.1) is 0 Å². The third-order valence-corrected chi connectivity index (χ3v) is 1.19. The first-order valence-electron chi connectivity index (χ1n) is 3.51. The van der Waals surface area contributed by atoms with Crippen molar-refractivity contribution in [1.29, 1.82) is 0 Å². The predicted molar refractivity (Wildman–Crippen MR) is 42.4 cm³/mol. The van der Waals surface area contributed by atoms with Crippen LogP contribution >= 0.6 is 0 Å². The van der Waals surface area contributed by atoms with E-state index < -0.39 is 7.12 Å². The van der Waals surface area contributed by atoms with Gasteiger partial charge >= 0.3 is 7.12 Å². The van der Waals surface area contributed by atoms with Crippen molar-refractivity contribution in [3.05, 3.63) is 0 Å². The monoisotopic (exact) mass is 162 g/mol. The van der Waals surface area contributed by atoms with Crippen LogP contribution < -0.4 is 5.84 Å². The van der Waals surface area contributed by atoms with Gasteiger partial charge in [0.2, 0.25) is 0 Å². The lowest BCUT2D eigenvalue weighted by Gasteiger charge is -2.14. The average Bonchev–Trinajstić information content (AvgIpc) is 1.86. The van der Waals surface area contributed by atoms with Crippen molar-refractivity contribution in [2.75, 3.05) is 26.7 Å². The summed E-state index contributed by atoms with van der Waals surface area (Å²) >= 11 is 0. The predicted octanol–water partition coefficient (Wildman–Crippen LogP) is -1.79. The molecule has 0 aromatic heterocycles. The van der Waals surface area contributed by atoms with Crippen molar-refractivity contribution in [2.45, 2.75) is 6.42 Å². The highest BCUT2D eigenvalue weighted by atomic mass is 16.5. The fourth-order valence-electron chi connectivity index (χ4n) is 0.713. The molecule has 0 aliphatic heterocycles. The van der Waals surface area contributed by atoms with Gasteiger partial charge in [-0.1, -0.05) is 0 Å². The van der Waals surface area contributed by atoms with E-state index in [1.54, 1.807) is 7.11 Å². The molecule has 0 unspecified atom stereocenters. The van der Waals surface area contributed by atoms with Crippen LogP contribution in [-0.4, -0.2) is 48.9 Å². The van der Waals surface area contributed by atoms with Crippen molar-refractivity contribution >= 4 is 7.12 Å². The molecule has 0 rings (SSSR count). The zero-order chi connectivity index (χ0) is 8.69. The van der Waals surface area contributed by atoms with E-state index in [0.717, 1.165) is 6.42 Å². The highest BCUT2D eigenvalue weighted by Crippen LogP contribution is 1.84. The second-order valence-electron chi connectivity index (χ2n) is 2.32. The van der Waals surface area contributed by atoms with Crippen molar-refractivity contribution in [3.8, 4) is 0 Å². The highest BCUT2D eigenvalue weighted by molar-refractivity contribution is 6.41. The maximum atomic E-state index is 8.48. The van der Waals surface area contributed by atoms with E-state index in [1.807, 2.05) is 0 Å². The molecule has 0 amide bonds. The number of hydrazine groups is 1. The van der Waals surface area contributed by atoms with Gasteiger partial charge in [0, 0.05) is 26.7 Å². The van der Waals surface area contributed by atoms with E-state index >= 15 is 0 Å². The average molecular weight is 162 g/mol. The Kier molecular flexibility index (Phi) is 6.49. The summed E-state index contributed by atoms with van der Waals surface area (Å²) in [4.78, 5) is 0. The van der Waals surface area contributed by atoms with Crippen LogP contribution in [0.2, 0.25) is 0 Å². The first-order chi connectivity index (χ1) is 5.16. The van der Waals surface area contributed by atoms with Crippen molar-refractivity contribution in [1.82, 2.24) is 5.01 Å². The fraction of sp³-hybridized carbons (Fsp3) is 1.00. The molecule has 0 saturated carbocycles. The third-order valence-electron chi connectivity index (χ3n) is 1.19. The van der Waals surface area contributed by atoms with Crippen molar-refractivity contribution in [2.24, 2.45) is 5.84 Å². The van der Waals surface area contributed by atoms with Crippen LogP contribution in [0.1, 0.15) is 6.42 Å². The van der Waals surface area contributed by atoms with Crippen LogP contribution in [0.25, 0.3) is 0 Å². The second-order valence-corrected chi connectivity index (χ2v) is 2.32. The maximum Gasteiger partial charge on any atom is 0.468 e.